The van der Waals surface area contributed by atoms with Gasteiger partial charge in [-0.1, -0.05) is 50.2 Å². The van der Waals surface area contributed by atoms with Crippen molar-refractivity contribution in [2.24, 2.45) is 11.3 Å². The van der Waals surface area contributed by atoms with Crippen molar-refractivity contribution >= 4 is 11.6 Å². The van der Waals surface area contributed by atoms with Crippen LogP contribution in [0.3, 0.4) is 0 Å². The summed E-state index contributed by atoms with van der Waals surface area (Å²) in [4.78, 5) is 21.2. The molecule has 6 aliphatic heterocycles. The number of benzene rings is 2. The smallest absolute Gasteiger partial charge is 0.246 e. The molecule has 1 N–H and O–H groups in total. The molecule has 42 heavy (non-hydrogen) atoms. The number of hydrogen-bond acceptors (Lipinski definition) is 6. The van der Waals surface area contributed by atoms with Crippen LogP contribution in [0.2, 0.25) is 0 Å². The quantitative estimate of drug-likeness (QED) is 0.557. The Morgan fingerprint density at radius 3 is 2.55 bits per heavy atom. The Hall–Kier alpha value is -3.03. The Bertz CT molecular complexity index is 1530. The SMILES string of the molecule is CN1C(=O)[C@]23CC4C(C)(C)[C@]5(CN(Cc6ccccc6)c6c5ccc5c6OC=CC(C)(C)O5)C[C@@]41CN2CC[C@@]3(C)O. The van der Waals surface area contributed by atoms with E-state index < -0.39 is 16.7 Å². The number of likely N-dealkylation sites (N-methyl/N-ethyl adjacent to an activating group) is 1. The molecule has 1 unspecified atom stereocenters. The van der Waals surface area contributed by atoms with Crippen molar-refractivity contribution in [1.29, 1.82) is 0 Å². The Morgan fingerprint density at radius 1 is 1.02 bits per heavy atom. The van der Waals surface area contributed by atoms with E-state index >= 15 is 0 Å². The van der Waals surface area contributed by atoms with Crippen molar-refractivity contribution in [3.8, 4) is 11.5 Å². The lowest BCUT2D eigenvalue weighted by atomic mass is 9.55. The number of piperazine rings is 1. The summed E-state index contributed by atoms with van der Waals surface area (Å²) in [6.45, 7) is 14.0. The van der Waals surface area contributed by atoms with E-state index in [1.807, 2.05) is 33.9 Å². The predicted octanol–water partition coefficient (Wildman–Crippen LogP) is 4.86. The predicted molar refractivity (Wildman–Crippen MR) is 162 cm³/mol. The summed E-state index contributed by atoms with van der Waals surface area (Å²) in [6, 6.07) is 15.0. The van der Waals surface area contributed by atoms with E-state index in [0.717, 1.165) is 49.8 Å². The number of anilines is 1. The Morgan fingerprint density at radius 2 is 1.79 bits per heavy atom. The number of rotatable bonds is 2. The number of nitrogens with zero attached hydrogens (tertiary/aromatic N) is 3. The van der Waals surface area contributed by atoms with Crippen LogP contribution in [0.5, 0.6) is 11.5 Å². The highest BCUT2D eigenvalue weighted by atomic mass is 16.5. The molecular weight excluding hydrogens is 526 g/mol. The van der Waals surface area contributed by atoms with Gasteiger partial charge in [0.15, 0.2) is 11.5 Å². The van der Waals surface area contributed by atoms with Crippen molar-refractivity contribution in [1.82, 2.24) is 9.80 Å². The lowest BCUT2D eigenvalue weighted by Crippen LogP contribution is -2.82. The van der Waals surface area contributed by atoms with Crippen LogP contribution in [-0.2, 0) is 16.8 Å². The number of amides is 1. The summed E-state index contributed by atoms with van der Waals surface area (Å²) < 4.78 is 12.9. The zero-order valence-electron chi connectivity index (χ0n) is 25.7. The molecule has 2 aromatic carbocycles. The minimum absolute atomic E-state index is 0.103. The van der Waals surface area contributed by atoms with E-state index in [4.69, 9.17) is 9.47 Å². The summed E-state index contributed by atoms with van der Waals surface area (Å²) in [5, 5.41) is 11.7. The van der Waals surface area contributed by atoms with Gasteiger partial charge in [0.05, 0.1) is 23.1 Å². The van der Waals surface area contributed by atoms with Gasteiger partial charge < -0.3 is 24.4 Å². The van der Waals surface area contributed by atoms with Gasteiger partial charge in [-0.25, -0.2) is 0 Å². The van der Waals surface area contributed by atoms with Crippen molar-refractivity contribution in [3.63, 3.8) is 0 Å². The van der Waals surface area contributed by atoms with Gasteiger partial charge in [-0.2, -0.15) is 0 Å². The zero-order valence-corrected chi connectivity index (χ0v) is 25.7. The van der Waals surface area contributed by atoms with E-state index in [0.29, 0.717) is 12.8 Å². The van der Waals surface area contributed by atoms with Crippen molar-refractivity contribution in [2.45, 2.75) is 88.1 Å². The normalized spacial score (nSPS) is 38.5. The van der Waals surface area contributed by atoms with Gasteiger partial charge in [0.1, 0.15) is 11.1 Å². The summed E-state index contributed by atoms with van der Waals surface area (Å²) in [5.74, 6) is 1.88. The maximum Gasteiger partial charge on any atom is 0.246 e. The van der Waals surface area contributed by atoms with E-state index in [-0.39, 0.29) is 28.2 Å². The first kappa shape index (κ1) is 26.6. The minimum atomic E-state index is -1.04. The lowest BCUT2D eigenvalue weighted by Gasteiger charge is -2.65. The van der Waals surface area contributed by atoms with Gasteiger partial charge in [-0.3, -0.25) is 9.69 Å². The third kappa shape index (κ3) is 2.97. The maximum atomic E-state index is 14.3. The molecule has 7 nitrogen and oxygen atoms in total. The first-order chi connectivity index (χ1) is 19.8. The monoisotopic (exact) mass is 569 g/mol. The fraction of sp³-hybridized carbons (Fsp3) is 0.571. The van der Waals surface area contributed by atoms with E-state index in [2.05, 4.69) is 71.0 Å². The van der Waals surface area contributed by atoms with Crippen LogP contribution in [-0.4, -0.2) is 69.8 Å². The molecule has 222 valence electrons. The number of ether oxygens (including phenoxy) is 2. The molecule has 5 atom stereocenters. The van der Waals surface area contributed by atoms with Gasteiger partial charge >= 0.3 is 0 Å². The molecule has 5 fully saturated rings. The molecular formula is C35H43N3O4. The molecule has 9 rings (SSSR count). The Labute approximate surface area is 249 Å². The first-order valence-electron chi connectivity index (χ1n) is 15.5. The van der Waals surface area contributed by atoms with Crippen LogP contribution in [0.25, 0.3) is 0 Å². The number of piperidine rings is 2. The summed E-state index contributed by atoms with van der Waals surface area (Å²) in [7, 11) is 2.01. The van der Waals surface area contributed by atoms with Gasteiger partial charge in [-0.15, -0.1) is 0 Å². The summed E-state index contributed by atoms with van der Waals surface area (Å²) in [5.41, 5.74) is 0.603. The van der Waals surface area contributed by atoms with Crippen LogP contribution in [0.1, 0.15) is 65.0 Å². The fourth-order valence-electron chi connectivity index (χ4n) is 10.3. The Kier molecular flexibility index (Phi) is 5.01. The summed E-state index contributed by atoms with van der Waals surface area (Å²) in [6.07, 6.45) is 5.97. The second kappa shape index (κ2) is 7.92. The molecule has 7 heteroatoms. The van der Waals surface area contributed by atoms with Crippen molar-refractivity contribution in [2.75, 3.05) is 31.6 Å². The molecule has 3 spiro atoms. The third-order valence-corrected chi connectivity index (χ3v) is 12.6. The van der Waals surface area contributed by atoms with Crippen LogP contribution in [0.15, 0.2) is 54.8 Å². The van der Waals surface area contributed by atoms with Crippen LogP contribution in [0.4, 0.5) is 5.69 Å². The molecule has 0 radical (unpaired) electrons. The van der Waals surface area contributed by atoms with Crippen molar-refractivity contribution < 1.29 is 19.4 Å². The number of carbonyl (C=O) groups excluding carboxylic acids is 1. The third-order valence-electron chi connectivity index (χ3n) is 12.6. The summed E-state index contributed by atoms with van der Waals surface area (Å²) >= 11 is 0. The molecule has 1 amide bonds. The molecule has 0 aromatic heterocycles. The fourth-order valence-corrected chi connectivity index (χ4v) is 10.3. The van der Waals surface area contributed by atoms with E-state index in [1.165, 1.54) is 11.1 Å². The number of hydrogen-bond donors (Lipinski definition) is 1. The van der Waals surface area contributed by atoms with E-state index in [9.17, 15) is 9.90 Å². The standard InChI is InChI=1S/C35H43N3O4/c1-30(2)15-17-41-28-25(42-30)13-12-24-27(28)37(19-23-10-8-7-9-11-23)21-33(24)20-34-22-38-16-14-32(5,40)35(38,29(39)36(34)6)18-26(34)31(33,3)4/h7-13,15,17,26,40H,14,16,18-22H2,1-6H3/t26?,32-,33+,34-,35+/m1/s1. The highest BCUT2D eigenvalue weighted by Crippen LogP contribution is 2.73. The average molecular weight is 570 g/mol. The van der Waals surface area contributed by atoms with Gasteiger partial charge in [0, 0.05) is 38.6 Å². The molecule has 1 saturated carbocycles. The molecule has 7 aliphatic rings. The largest absolute Gasteiger partial charge is 0.480 e. The van der Waals surface area contributed by atoms with Crippen LogP contribution >= 0.6 is 0 Å². The molecule has 1 aliphatic carbocycles. The molecule has 2 bridgehead atoms. The maximum absolute atomic E-state index is 14.3. The number of carbonyl (C=O) groups is 1. The highest BCUT2D eigenvalue weighted by Gasteiger charge is 2.80. The highest BCUT2D eigenvalue weighted by molar-refractivity contribution is 5.92. The lowest BCUT2D eigenvalue weighted by molar-refractivity contribution is -0.206. The van der Waals surface area contributed by atoms with Crippen LogP contribution < -0.4 is 14.4 Å². The second-order valence-electron chi connectivity index (χ2n) is 15.3. The topological polar surface area (TPSA) is 65.5 Å². The number of aliphatic hydroxyl groups is 1. The number of fused-ring (bicyclic) bond motifs is 5. The van der Waals surface area contributed by atoms with Crippen LogP contribution in [0, 0.1) is 11.3 Å². The van der Waals surface area contributed by atoms with Crippen molar-refractivity contribution in [3.05, 3.63) is 65.9 Å². The molecule has 6 heterocycles. The minimum Gasteiger partial charge on any atom is -0.480 e. The molecule has 4 saturated heterocycles. The van der Waals surface area contributed by atoms with Gasteiger partial charge in [0.2, 0.25) is 5.91 Å². The first-order valence-corrected chi connectivity index (χ1v) is 15.5. The van der Waals surface area contributed by atoms with Gasteiger partial charge in [0.25, 0.3) is 0 Å². The van der Waals surface area contributed by atoms with E-state index in [1.54, 1.807) is 6.26 Å². The Balaban J connectivity index is 1.31. The zero-order chi connectivity index (χ0) is 29.5. The average Bonchev–Trinajstić information content (AvgIpc) is 3.40. The van der Waals surface area contributed by atoms with Gasteiger partial charge in [-0.05, 0) is 74.6 Å². The molecule has 2 aromatic rings. The second-order valence-corrected chi connectivity index (χ2v) is 15.3.